The van der Waals surface area contributed by atoms with Crippen LogP contribution in [0.5, 0.6) is 0 Å². The summed E-state index contributed by atoms with van der Waals surface area (Å²) in [5.41, 5.74) is 3.72. The maximum absolute atomic E-state index is 12.7. The van der Waals surface area contributed by atoms with Crippen molar-refractivity contribution in [3.8, 4) is 11.4 Å². The Hall–Kier alpha value is -3.06. The number of hydrogen-bond donors (Lipinski definition) is 0. The lowest BCUT2D eigenvalue weighted by atomic mass is 9.84. The third-order valence-electron chi connectivity index (χ3n) is 5.66. The first-order valence-electron chi connectivity index (χ1n) is 9.53. The molecule has 0 bridgehead atoms. The van der Waals surface area contributed by atoms with Gasteiger partial charge in [0.25, 0.3) is 5.56 Å². The Labute approximate surface area is 162 Å². The van der Waals surface area contributed by atoms with Crippen LogP contribution < -0.4 is 10.5 Å². The number of aromatic nitrogens is 4. The van der Waals surface area contributed by atoms with Crippen molar-refractivity contribution in [2.75, 3.05) is 18.1 Å². The number of nitrogens with zero attached hydrogens (tertiary/aromatic N) is 5. The summed E-state index contributed by atoms with van der Waals surface area (Å²) in [4.78, 5) is 27.9. The van der Waals surface area contributed by atoms with E-state index in [9.17, 15) is 4.79 Å². The Balaban J connectivity index is 1.58. The molecule has 142 valence electrons. The number of rotatable bonds is 2. The van der Waals surface area contributed by atoms with Crippen molar-refractivity contribution >= 4 is 5.95 Å². The van der Waals surface area contributed by atoms with Crippen LogP contribution >= 0.6 is 0 Å². The summed E-state index contributed by atoms with van der Waals surface area (Å²) in [5, 5.41) is 0. The molecular formula is C21H21N5O2. The van der Waals surface area contributed by atoms with Gasteiger partial charge in [-0.05, 0) is 30.0 Å². The van der Waals surface area contributed by atoms with Crippen LogP contribution in [0.15, 0.2) is 53.7 Å². The fraction of sp³-hybridized carbons (Fsp3) is 0.333. The molecule has 5 rings (SSSR count). The number of anilines is 1. The van der Waals surface area contributed by atoms with E-state index in [1.165, 1.54) is 23.5 Å². The minimum absolute atomic E-state index is 0.00157. The third kappa shape index (κ3) is 2.79. The van der Waals surface area contributed by atoms with Crippen LogP contribution in [0.4, 0.5) is 5.95 Å². The van der Waals surface area contributed by atoms with Crippen LogP contribution in [0.3, 0.4) is 0 Å². The lowest BCUT2D eigenvalue weighted by molar-refractivity contribution is 0.00176. The van der Waals surface area contributed by atoms with E-state index >= 15 is 0 Å². The molecule has 2 atom stereocenters. The number of ether oxygens (including phenoxy) is 1. The molecule has 0 spiro atoms. The zero-order valence-electron chi connectivity index (χ0n) is 15.7. The molecule has 2 aliphatic rings. The van der Waals surface area contributed by atoms with Gasteiger partial charge < -0.3 is 9.64 Å². The van der Waals surface area contributed by atoms with Gasteiger partial charge in [0, 0.05) is 25.9 Å². The Kier molecular flexibility index (Phi) is 4.16. The molecule has 0 N–H and O–H groups in total. The number of aryl methyl sites for hydroxylation is 1. The summed E-state index contributed by atoms with van der Waals surface area (Å²) < 4.78 is 7.79. The molecule has 0 radical (unpaired) electrons. The van der Waals surface area contributed by atoms with Gasteiger partial charge in [0.1, 0.15) is 12.4 Å². The molecule has 1 aliphatic heterocycles. The Bertz CT molecular complexity index is 1070. The summed E-state index contributed by atoms with van der Waals surface area (Å²) >= 11 is 0. The topological polar surface area (TPSA) is 73.1 Å². The summed E-state index contributed by atoms with van der Waals surface area (Å²) in [6.45, 7) is 1.31. The van der Waals surface area contributed by atoms with E-state index in [0.717, 1.165) is 12.8 Å². The largest absolute Gasteiger partial charge is 0.370 e. The molecular weight excluding hydrogens is 354 g/mol. The minimum Gasteiger partial charge on any atom is -0.370 e. The maximum Gasteiger partial charge on any atom is 0.255 e. The maximum atomic E-state index is 12.7. The lowest BCUT2D eigenvalue weighted by Crippen LogP contribution is -2.51. The second-order valence-corrected chi connectivity index (χ2v) is 7.22. The summed E-state index contributed by atoms with van der Waals surface area (Å²) in [7, 11) is 1.77. The predicted molar refractivity (Wildman–Crippen MR) is 105 cm³/mol. The van der Waals surface area contributed by atoms with Gasteiger partial charge in [0.2, 0.25) is 5.95 Å². The van der Waals surface area contributed by atoms with Crippen molar-refractivity contribution in [2.45, 2.75) is 25.0 Å². The van der Waals surface area contributed by atoms with Crippen LogP contribution in [0.2, 0.25) is 0 Å². The zero-order valence-corrected chi connectivity index (χ0v) is 15.7. The van der Waals surface area contributed by atoms with Crippen molar-refractivity contribution in [1.82, 2.24) is 19.5 Å². The molecule has 1 saturated heterocycles. The summed E-state index contributed by atoms with van der Waals surface area (Å²) in [5.74, 6) is 0.666. The van der Waals surface area contributed by atoms with Crippen LogP contribution in [0, 0.1) is 0 Å². The molecule has 2 aromatic heterocycles. The fourth-order valence-electron chi connectivity index (χ4n) is 4.27. The molecule has 1 aliphatic carbocycles. The second-order valence-electron chi connectivity index (χ2n) is 7.22. The quantitative estimate of drug-likeness (QED) is 0.683. The van der Waals surface area contributed by atoms with E-state index in [0.29, 0.717) is 30.5 Å². The van der Waals surface area contributed by atoms with E-state index < -0.39 is 0 Å². The molecule has 7 nitrogen and oxygen atoms in total. The van der Waals surface area contributed by atoms with E-state index in [1.54, 1.807) is 23.9 Å². The van der Waals surface area contributed by atoms with Crippen molar-refractivity contribution < 1.29 is 4.74 Å². The number of fused-ring (bicyclic) bond motifs is 3. The van der Waals surface area contributed by atoms with Crippen LogP contribution in [0.25, 0.3) is 11.4 Å². The van der Waals surface area contributed by atoms with Crippen LogP contribution in [-0.4, -0.2) is 38.7 Å². The highest BCUT2D eigenvalue weighted by atomic mass is 16.5. The first-order chi connectivity index (χ1) is 13.7. The van der Waals surface area contributed by atoms with Crippen molar-refractivity contribution in [3.05, 3.63) is 70.4 Å². The van der Waals surface area contributed by atoms with E-state index in [-0.39, 0.29) is 17.7 Å². The Morgan fingerprint density at radius 2 is 2.07 bits per heavy atom. The fourth-order valence-corrected chi connectivity index (χ4v) is 4.27. The van der Waals surface area contributed by atoms with Crippen LogP contribution in [0.1, 0.15) is 23.7 Å². The molecule has 1 aromatic carbocycles. The normalized spacial score (nSPS) is 21.1. The van der Waals surface area contributed by atoms with Gasteiger partial charge in [0.15, 0.2) is 0 Å². The van der Waals surface area contributed by atoms with Crippen molar-refractivity contribution in [3.63, 3.8) is 0 Å². The highest BCUT2D eigenvalue weighted by molar-refractivity contribution is 5.55. The van der Waals surface area contributed by atoms with Gasteiger partial charge in [0.05, 0.1) is 24.0 Å². The van der Waals surface area contributed by atoms with E-state index in [2.05, 4.69) is 39.1 Å². The molecule has 0 amide bonds. The molecule has 0 unspecified atom stereocenters. The Morgan fingerprint density at radius 3 is 2.93 bits per heavy atom. The first kappa shape index (κ1) is 17.1. The highest BCUT2D eigenvalue weighted by Crippen LogP contribution is 2.39. The molecule has 7 heteroatoms. The van der Waals surface area contributed by atoms with Gasteiger partial charge in [-0.25, -0.2) is 15.0 Å². The lowest BCUT2D eigenvalue weighted by Gasteiger charge is -2.45. The van der Waals surface area contributed by atoms with Crippen LogP contribution in [-0.2, 0) is 18.2 Å². The molecule has 3 heterocycles. The summed E-state index contributed by atoms with van der Waals surface area (Å²) in [6, 6.07) is 11.9. The first-order valence-corrected chi connectivity index (χ1v) is 9.53. The highest BCUT2D eigenvalue weighted by Gasteiger charge is 2.38. The average Bonchev–Trinajstić information content (AvgIpc) is 2.75. The van der Waals surface area contributed by atoms with Crippen molar-refractivity contribution in [2.24, 2.45) is 7.05 Å². The zero-order chi connectivity index (χ0) is 19.1. The number of hydrogen-bond acceptors (Lipinski definition) is 6. The van der Waals surface area contributed by atoms with Gasteiger partial charge in [-0.1, -0.05) is 24.3 Å². The molecule has 1 fully saturated rings. The van der Waals surface area contributed by atoms with Gasteiger partial charge >= 0.3 is 0 Å². The van der Waals surface area contributed by atoms with Gasteiger partial charge in [-0.15, -0.1) is 0 Å². The van der Waals surface area contributed by atoms with Crippen molar-refractivity contribution in [1.29, 1.82) is 0 Å². The van der Waals surface area contributed by atoms with Gasteiger partial charge in [-0.2, -0.15) is 0 Å². The number of benzene rings is 1. The predicted octanol–water partition coefficient (Wildman–Crippen LogP) is 2.13. The molecule has 3 aromatic rings. The Morgan fingerprint density at radius 1 is 1.18 bits per heavy atom. The second kappa shape index (κ2) is 6.83. The summed E-state index contributed by atoms with van der Waals surface area (Å²) in [6.07, 6.45) is 5.09. The standard InChI is InChI=1S/C21H21N5O2/c1-25-19(27)12-17(16-8-9-22-13-23-16)24-21(25)26-10-11-28-20-15-5-3-2-4-14(15)6-7-18(20)26/h2-5,8-9,12-13,18,20H,6-7,10-11H2,1H3/t18-,20-/m1/s1. The monoisotopic (exact) mass is 375 g/mol. The SMILES string of the molecule is Cn1c(N2CCO[C@@H]3c4ccccc4CC[C@H]32)nc(-c2ccncn2)cc1=O. The minimum atomic E-state index is -0.0992. The van der Waals surface area contributed by atoms with Gasteiger partial charge in [-0.3, -0.25) is 9.36 Å². The van der Waals surface area contributed by atoms with E-state index in [4.69, 9.17) is 9.72 Å². The molecule has 0 saturated carbocycles. The molecule has 28 heavy (non-hydrogen) atoms. The smallest absolute Gasteiger partial charge is 0.255 e. The third-order valence-corrected chi connectivity index (χ3v) is 5.66. The number of morpholine rings is 1. The average molecular weight is 375 g/mol. The van der Waals surface area contributed by atoms with E-state index in [1.807, 2.05) is 0 Å².